The molecule has 5 nitrogen and oxygen atoms in total. The minimum Gasteiger partial charge on any atom is -0.422 e. The Kier molecular flexibility index (Phi) is 1.25. The van der Waals surface area contributed by atoms with Gasteiger partial charge in [0.05, 0.1) is 0 Å². The lowest BCUT2D eigenvalue weighted by Crippen LogP contribution is -1.75. The number of fused-ring (bicyclic) bond motifs is 1. The summed E-state index contributed by atoms with van der Waals surface area (Å²) in [6, 6.07) is 0. The minimum atomic E-state index is 0.455. The quantitative estimate of drug-likeness (QED) is 0.585. The zero-order chi connectivity index (χ0) is 8.67. The molecule has 0 saturated carbocycles. The molecular formula is C7H4N4OS. The van der Waals surface area contributed by atoms with Gasteiger partial charge in [0.1, 0.15) is 5.69 Å². The highest BCUT2D eigenvalue weighted by Gasteiger charge is 2.08. The van der Waals surface area contributed by atoms with Crippen molar-refractivity contribution in [2.24, 2.45) is 0 Å². The molecule has 3 aromatic heterocycles. The number of aromatic nitrogens is 4. The van der Waals surface area contributed by atoms with E-state index in [0.29, 0.717) is 11.6 Å². The van der Waals surface area contributed by atoms with Crippen LogP contribution in [0.5, 0.6) is 0 Å². The van der Waals surface area contributed by atoms with Gasteiger partial charge in [0.2, 0.25) is 6.39 Å². The van der Waals surface area contributed by atoms with Crippen molar-refractivity contribution in [3.05, 3.63) is 24.2 Å². The Morgan fingerprint density at radius 3 is 3.23 bits per heavy atom. The van der Waals surface area contributed by atoms with Crippen LogP contribution in [-0.2, 0) is 0 Å². The molecule has 0 spiro atoms. The zero-order valence-electron chi connectivity index (χ0n) is 6.41. The molecular weight excluding hydrogens is 188 g/mol. The van der Waals surface area contributed by atoms with Gasteiger partial charge in [-0.3, -0.25) is 4.40 Å². The highest BCUT2D eigenvalue weighted by Crippen LogP contribution is 2.18. The molecule has 13 heavy (non-hydrogen) atoms. The van der Waals surface area contributed by atoms with Crippen LogP contribution >= 0.6 is 11.3 Å². The third-order valence-electron chi connectivity index (χ3n) is 1.67. The van der Waals surface area contributed by atoms with Crippen molar-refractivity contribution in [2.75, 3.05) is 0 Å². The van der Waals surface area contributed by atoms with Gasteiger partial charge in [-0.2, -0.15) is 0 Å². The Balaban J connectivity index is 2.23. The van der Waals surface area contributed by atoms with Gasteiger partial charge in [-0.25, -0.2) is 4.98 Å². The second kappa shape index (κ2) is 2.40. The van der Waals surface area contributed by atoms with Gasteiger partial charge in [0.15, 0.2) is 4.96 Å². The molecule has 0 aliphatic heterocycles. The lowest BCUT2D eigenvalue weighted by molar-refractivity contribution is 0.567. The topological polar surface area (TPSA) is 56.2 Å². The van der Waals surface area contributed by atoms with Crippen LogP contribution in [0.4, 0.5) is 0 Å². The summed E-state index contributed by atoms with van der Waals surface area (Å²) in [5.41, 5.74) is 0.712. The van der Waals surface area contributed by atoms with E-state index in [4.69, 9.17) is 4.42 Å². The molecule has 0 unspecified atom stereocenters. The summed E-state index contributed by atoms with van der Waals surface area (Å²) in [4.78, 5) is 5.22. The summed E-state index contributed by atoms with van der Waals surface area (Å²) in [5.74, 6) is 0.455. The second-order valence-electron chi connectivity index (χ2n) is 2.46. The van der Waals surface area contributed by atoms with Gasteiger partial charge < -0.3 is 4.42 Å². The van der Waals surface area contributed by atoms with Crippen molar-refractivity contribution in [3.63, 3.8) is 0 Å². The maximum Gasteiger partial charge on any atom is 0.267 e. The van der Waals surface area contributed by atoms with E-state index in [0.717, 1.165) is 4.96 Å². The predicted octanol–water partition coefficient (Wildman–Crippen LogP) is 1.45. The molecule has 0 aliphatic rings. The van der Waals surface area contributed by atoms with Crippen molar-refractivity contribution in [2.45, 2.75) is 0 Å². The first-order valence-corrected chi connectivity index (χ1v) is 4.50. The molecule has 0 amide bonds. The maximum atomic E-state index is 5.03. The molecule has 0 bridgehead atoms. The monoisotopic (exact) mass is 192 g/mol. The first-order chi connectivity index (χ1) is 6.43. The van der Waals surface area contributed by atoms with Crippen LogP contribution < -0.4 is 0 Å². The molecule has 64 valence electrons. The van der Waals surface area contributed by atoms with E-state index in [9.17, 15) is 0 Å². The van der Waals surface area contributed by atoms with Gasteiger partial charge in [-0.1, -0.05) is 0 Å². The molecule has 0 N–H and O–H groups in total. The van der Waals surface area contributed by atoms with Gasteiger partial charge in [0, 0.05) is 17.8 Å². The summed E-state index contributed by atoms with van der Waals surface area (Å²) >= 11 is 1.57. The van der Waals surface area contributed by atoms with Gasteiger partial charge >= 0.3 is 0 Å². The van der Waals surface area contributed by atoms with Gasteiger partial charge in [-0.05, 0) is 0 Å². The maximum absolute atomic E-state index is 5.03. The molecule has 0 atom stereocenters. The molecule has 6 heteroatoms. The average Bonchev–Trinajstić information content (AvgIpc) is 2.78. The van der Waals surface area contributed by atoms with Crippen LogP contribution in [0.15, 0.2) is 28.6 Å². The largest absolute Gasteiger partial charge is 0.422 e. The summed E-state index contributed by atoms with van der Waals surface area (Å²) in [7, 11) is 0. The average molecular weight is 192 g/mol. The number of hydrogen-bond acceptors (Lipinski definition) is 5. The van der Waals surface area contributed by atoms with E-state index in [-0.39, 0.29) is 0 Å². The Bertz CT molecular complexity index is 495. The molecule has 3 aromatic rings. The first-order valence-electron chi connectivity index (χ1n) is 3.62. The standard InChI is InChI=1S/C7H4N4OS/c1-2-13-7-9-5(3-11(1)7)6-10-8-4-12-6/h1-4H. The first kappa shape index (κ1) is 6.79. The number of hydrogen-bond donors (Lipinski definition) is 0. The van der Waals surface area contributed by atoms with E-state index in [1.807, 2.05) is 22.2 Å². The third-order valence-corrected chi connectivity index (χ3v) is 2.44. The predicted molar refractivity (Wildman–Crippen MR) is 46.4 cm³/mol. The lowest BCUT2D eigenvalue weighted by atomic mass is 10.5. The van der Waals surface area contributed by atoms with Crippen molar-refractivity contribution in [1.29, 1.82) is 0 Å². The Morgan fingerprint density at radius 1 is 1.46 bits per heavy atom. The highest BCUT2D eigenvalue weighted by molar-refractivity contribution is 7.15. The Morgan fingerprint density at radius 2 is 2.46 bits per heavy atom. The summed E-state index contributed by atoms with van der Waals surface area (Å²) in [6.45, 7) is 0. The highest BCUT2D eigenvalue weighted by atomic mass is 32.1. The van der Waals surface area contributed by atoms with Crippen molar-refractivity contribution in [3.8, 4) is 11.6 Å². The Labute approximate surface area is 76.7 Å². The van der Waals surface area contributed by atoms with Crippen LogP contribution in [0.2, 0.25) is 0 Å². The summed E-state index contributed by atoms with van der Waals surface area (Å²) < 4.78 is 6.95. The van der Waals surface area contributed by atoms with E-state index in [1.54, 1.807) is 11.3 Å². The number of imidazole rings is 1. The Hall–Kier alpha value is -1.69. The van der Waals surface area contributed by atoms with E-state index in [2.05, 4.69) is 15.2 Å². The SMILES string of the molecule is c1nnc(-c2cn3ccsc3n2)o1. The number of nitrogens with zero attached hydrogens (tertiary/aromatic N) is 4. The lowest BCUT2D eigenvalue weighted by Gasteiger charge is -1.81. The summed E-state index contributed by atoms with van der Waals surface area (Å²) in [6.07, 6.45) is 5.09. The fourth-order valence-electron chi connectivity index (χ4n) is 1.12. The smallest absolute Gasteiger partial charge is 0.267 e. The van der Waals surface area contributed by atoms with Crippen LogP contribution in [0.25, 0.3) is 16.5 Å². The molecule has 3 heterocycles. The van der Waals surface area contributed by atoms with E-state index in [1.165, 1.54) is 6.39 Å². The number of thiazole rings is 1. The van der Waals surface area contributed by atoms with Crippen LogP contribution in [0.1, 0.15) is 0 Å². The van der Waals surface area contributed by atoms with Crippen LogP contribution in [-0.4, -0.2) is 19.6 Å². The molecule has 0 aromatic carbocycles. The second-order valence-corrected chi connectivity index (χ2v) is 3.34. The van der Waals surface area contributed by atoms with Crippen LogP contribution in [0.3, 0.4) is 0 Å². The fraction of sp³-hybridized carbons (Fsp3) is 0. The fourth-order valence-corrected chi connectivity index (χ4v) is 1.82. The number of rotatable bonds is 1. The van der Waals surface area contributed by atoms with Gasteiger partial charge in [0.25, 0.3) is 5.89 Å². The third kappa shape index (κ3) is 0.955. The van der Waals surface area contributed by atoms with E-state index < -0.39 is 0 Å². The van der Waals surface area contributed by atoms with Crippen LogP contribution in [0, 0.1) is 0 Å². The molecule has 0 fully saturated rings. The molecule has 0 saturated heterocycles. The molecule has 0 aliphatic carbocycles. The van der Waals surface area contributed by atoms with Crippen molar-refractivity contribution < 1.29 is 4.42 Å². The minimum absolute atomic E-state index is 0.455. The van der Waals surface area contributed by atoms with E-state index >= 15 is 0 Å². The molecule has 0 radical (unpaired) electrons. The van der Waals surface area contributed by atoms with Gasteiger partial charge in [-0.15, -0.1) is 21.5 Å². The normalized spacial score (nSPS) is 11.1. The zero-order valence-corrected chi connectivity index (χ0v) is 7.23. The molecule has 3 rings (SSSR count). The van der Waals surface area contributed by atoms with Crippen molar-refractivity contribution >= 4 is 16.3 Å². The summed E-state index contributed by atoms with van der Waals surface area (Å²) in [5, 5.41) is 9.34. The van der Waals surface area contributed by atoms with Crippen molar-refractivity contribution in [1.82, 2.24) is 19.6 Å².